The molecule has 2 aromatic rings. The Kier molecular flexibility index (Phi) is 4.90. The molecule has 2 N–H and O–H groups in total. The first kappa shape index (κ1) is 17.9. The van der Waals surface area contributed by atoms with E-state index in [0.29, 0.717) is 18.8 Å². The van der Waals surface area contributed by atoms with E-state index in [2.05, 4.69) is 0 Å². The fourth-order valence-electron chi connectivity index (χ4n) is 2.96. The summed E-state index contributed by atoms with van der Waals surface area (Å²) in [4.78, 5) is 27.7. The Bertz CT molecular complexity index is 841. The Hall–Kier alpha value is -2.93. The lowest BCUT2D eigenvalue weighted by Gasteiger charge is -2.23. The number of halogens is 1. The molecule has 26 heavy (non-hydrogen) atoms. The first-order chi connectivity index (χ1) is 12.4. The molecule has 1 aliphatic heterocycles. The number of benzene rings is 1. The second-order valence-electron chi connectivity index (χ2n) is 6.47. The van der Waals surface area contributed by atoms with Crippen LogP contribution < -0.4 is 4.90 Å². The summed E-state index contributed by atoms with van der Waals surface area (Å²) in [7, 11) is 3.88. The number of hydrogen-bond acceptors (Lipinski definition) is 4. The van der Waals surface area contributed by atoms with Crippen LogP contribution in [0.25, 0.3) is 5.76 Å². The van der Waals surface area contributed by atoms with E-state index in [0.717, 1.165) is 4.90 Å². The Morgan fingerprint density at radius 1 is 1.23 bits per heavy atom. The number of carbonyl (C=O) groups excluding carboxylic acids is 2. The molecular weight excluding hydrogens is 339 g/mol. The molecule has 1 aromatic carbocycles. The van der Waals surface area contributed by atoms with Crippen molar-refractivity contribution >= 4 is 17.4 Å². The van der Waals surface area contributed by atoms with E-state index in [4.69, 9.17) is 4.42 Å². The van der Waals surface area contributed by atoms with Gasteiger partial charge in [0.1, 0.15) is 23.4 Å². The minimum atomic E-state index is -0.811. The number of nitrogens with zero attached hydrogens (tertiary/aromatic N) is 1. The molecule has 0 unspecified atom stereocenters. The van der Waals surface area contributed by atoms with Crippen molar-refractivity contribution in [2.75, 3.05) is 27.2 Å². The maximum Gasteiger partial charge on any atom is 0.295 e. The van der Waals surface area contributed by atoms with Crippen molar-refractivity contribution in [3.05, 3.63) is 65.4 Å². The van der Waals surface area contributed by atoms with E-state index in [1.165, 1.54) is 35.4 Å². The number of aliphatic hydroxyl groups excluding tert-OH is 1. The van der Waals surface area contributed by atoms with Crippen LogP contribution in [0, 0.1) is 5.82 Å². The minimum Gasteiger partial charge on any atom is -0.507 e. The summed E-state index contributed by atoms with van der Waals surface area (Å²) in [6.45, 7) is 0.958. The molecule has 7 heteroatoms. The molecule has 1 atom stereocenters. The number of aliphatic hydroxyl groups is 1. The summed E-state index contributed by atoms with van der Waals surface area (Å²) in [5.41, 5.74) is 0.213. The van der Waals surface area contributed by atoms with Crippen molar-refractivity contribution in [2.24, 2.45) is 0 Å². The quantitative estimate of drug-likeness (QED) is 0.474. The molecule has 0 radical (unpaired) electrons. The number of Topliss-reactive ketones (excluding diaryl/α,β-unsaturated/α-hetero) is 1. The SMILES string of the molecule is C[NH+](C)CCN1C(=O)C(=O)C(=C(O)c2ccc(F)cc2)[C@H]1c1ccco1. The molecular formula is C19H20FN2O4+. The van der Waals surface area contributed by atoms with Crippen LogP contribution in [-0.4, -0.2) is 48.9 Å². The second kappa shape index (κ2) is 7.13. The van der Waals surface area contributed by atoms with Crippen LogP contribution >= 0.6 is 0 Å². The van der Waals surface area contributed by atoms with Crippen LogP contribution in [0.1, 0.15) is 17.4 Å². The van der Waals surface area contributed by atoms with E-state index < -0.39 is 23.5 Å². The highest BCUT2D eigenvalue weighted by Gasteiger charge is 2.47. The van der Waals surface area contributed by atoms with Gasteiger partial charge in [0.2, 0.25) is 0 Å². The van der Waals surface area contributed by atoms with Crippen LogP contribution in [0.4, 0.5) is 4.39 Å². The summed E-state index contributed by atoms with van der Waals surface area (Å²) in [5, 5.41) is 10.7. The van der Waals surface area contributed by atoms with Crippen LogP contribution in [0.3, 0.4) is 0 Å². The zero-order valence-electron chi connectivity index (χ0n) is 14.5. The maximum atomic E-state index is 13.2. The standard InChI is InChI=1S/C19H19FN2O4/c1-21(2)9-10-22-16(14-4-3-11-26-14)15(18(24)19(22)25)17(23)12-5-7-13(20)8-6-12/h3-8,11,16,23H,9-10H2,1-2H3/p+1/t16-/m1/s1. The highest BCUT2D eigenvalue weighted by molar-refractivity contribution is 6.46. The van der Waals surface area contributed by atoms with E-state index in [1.54, 1.807) is 12.1 Å². The van der Waals surface area contributed by atoms with Gasteiger partial charge in [-0.2, -0.15) is 0 Å². The third-order valence-electron chi connectivity index (χ3n) is 4.32. The van der Waals surface area contributed by atoms with Crippen LogP contribution in [0.5, 0.6) is 0 Å². The summed E-state index contributed by atoms with van der Waals surface area (Å²) in [6, 6.07) is 7.59. The molecule has 2 heterocycles. The van der Waals surface area contributed by atoms with Crippen molar-refractivity contribution in [2.45, 2.75) is 6.04 Å². The number of hydrogen-bond donors (Lipinski definition) is 2. The Morgan fingerprint density at radius 2 is 1.92 bits per heavy atom. The Labute approximate surface area is 150 Å². The number of likely N-dealkylation sites (N-methyl/N-ethyl adjacent to an activating group) is 1. The van der Waals surface area contributed by atoms with Crippen molar-refractivity contribution in [1.29, 1.82) is 0 Å². The molecule has 1 fully saturated rings. The van der Waals surface area contributed by atoms with Gasteiger partial charge in [-0.1, -0.05) is 0 Å². The van der Waals surface area contributed by atoms with Crippen molar-refractivity contribution in [3.63, 3.8) is 0 Å². The molecule has 1 amide bonds. The number of quaternary nitrogens is 1. The van der Waals surface area contributed by atoms with Gasteiger partial charge in [-0.3, -0.25) is 9.59 Å². The van der Waals surface area contributed by atoms with E-state index >= 15 is 0 Å². The molecule has 1 aliphatic rings. The van der Waals surface area contributed by atoms with Gasteiger partial charge in [0.15, 0.2) is 0 Å². The molecule has 0 bridgehead atoms. The van der Waals surface area contributed by atoms with Gasteiger partial charge in [-0.25, -0.2) is 4.39 Å². The summed E-state index contributed by atoms with van der Waals surface area (Å²) < 4.78 is 18.6. The van der Waals surface area contributed by atoms with Gasteiger partial charge in [0, 0.05) is 5.56 Å². The van der Waals surface area contributed by atoms with Gasteiger partial charge in [0.05, 0.1) is 39.0 Å². The fourth-order valence-corrected chi connectivity index (χ4v) is 2.96. The molecule has 0 saturated carbocycles. The number of carbonyl (C=O) groups is 2. The average Bonchev–Trinajstić information content (AvgIpc) is 3.21. The minimum absolute atomic E-state index is 0.0506. The fraction of sp³-hybridized carbons (Fsp3) is 0.263. The van der Waals surface area contributed by atoms with E-state index in [1.807, 2.05) is 14.1 Å². The number of nitrogens with one attached hydrogen (secondary N) is 1. The monoisotopic (exact) mass is 359 g/mol. The van der Waals surface area contributed by atoms with Crippen molar-refractivity contribution < 1.29 is 28.4 Å². The van der Waals surface area contributed by atoms with Gasteiger partial charge >= 0.3 is 0 Å². The van der Waals surface area contributed by atoms with Gasteiger partial charge in [-0.05, 0) is 36.4 Å². The molecule has 1 aromatic heterocycles. The third kappa shape index (κ3) is 3.25. The Balaban J connectivity index is 2.09. The maximum absolute atomic E-state index is 13.2. The van der Waals surface area contributed by atoms with Gasteiger partial charge < -0.3 is 19.3 Å². The number of rotatable bonds is 5. The molecule has 6 nitrogen and oxygen atoms in total. The zero-order valence-corrected chi connectivity index (χ0v) is 14.5. The Morgan fingerprint density at radius 3 is 2.50 bits per heavy atom. The highest BCUT2D eigenvalue weighted by atomic mass is 19.1. The molecule has 0 aliphatic carbocycles. The van der Waals surface area contributed by atoms with E-state index in [9.17, 15) is 19.1 Å². The van der Waals surface area contributed by atoms with Gasteiger partial charge in [0.25, 0.3) is 11.7 Å². The number of ketones is 1. The lowest BCUT2D eigenvalue weighted by atomic mass is 9.99. The average molecular weight is 359 g/mol. The molecule has 136 valence electrons. The van der Waals surface area contributed by atoms with Crippen molar-refractivity contribution in [3.8, 4) is 0 Å². The van der Waals surface area contributed by atoms with Crippen LogP contribution in [0.2, 0.25) is 0 Å². The molecule has 1 saturated heterocycles. The number of amides is 1. The lowest BCUT2D eigenvalue weighted by molar-refractivity contribution is -0.857. The topological polar surface area (TPSA) is 75.2 Å². The van der Waals surface area contributed by atoms with Crippen molar-refractivity contribution in [1.82, 2.24) is 4.90 Å². The zero-order chi connectivity index (χ0) is 18.8. The number of likely N-dealkylation sites (tertiary alicyclic amines) is 1. The summed E-state index contributed by atoms with van der Waals surface area (Å²) >= 11 is 0. The smallest absolute Gasteiger partial charge is 0.295 e. The predicted molar refractivity (Wildman–Crippen MR) is 91.8 cm³/mol. The first-order valence-corrected chi connectivity index (χ1v) is 8.27. The third-order valence-corrected chi connectivity index (χ3v) is 4.32. The first-order valence-electron chi connectivity index (χ1n) is 8.27. The number of furan rings is 1. The molecule has 0 spiro atoms. The lowest BCUT2D eigenvalue weighted by Crippen LogP contribution is -3.06. The van der Waals surface area contributed by atoms with Gasteiger partial charge in [-0.15, -0.1) is 0 Å². The highest BCUT2D eigenvalue weighted by Crippen LogP contribution is 2.39. The predicted octanol–water partition coefficient (Wildman–Crippen LogP) is 0.985. The van der Waals surface area contributed by atoms with Crippen LogP contribution in [-0.2, 0) is 9.59 Å². The van der Waals surface area contributed by atoms with Crippen LogP contribution in [0.15, 0.2) is 52.7 Å². The second-order valence-corrected chi connectivity index (χ2v) is 6.47. The molecule has 3 rings (SSSR count). The normalized spacial score (nSPS) is 19.5. The summed E-state index contributed by atoms with van der Waals surface area (Å²) in [6.07, 6.45) is 1.45. The van der Waals surface area contributed by atoms with E-state index in [-0.39, 0.29) is 16.9 Å². The largest absolute Gasteiger partial charge is 0.507 e. The summed E-state index contributed by atoms with van der Waals surface area (Å²) in [5.74, 6) is -1.87.